The number of carbonyl (C=O) groups excluding carboxylic acids is 2. The molecular formula is C23H27ClF2N6O8S2. The van der Waals surface area contributed by atoms with Crippen molar-refractivity contribution in [2.45, 2.75) is 10.9 Å². The first-order valence-corrected chi connectivity index (χ1v) is 15.6. The molecule has 2 fully saturated rings. The molecular weight excluding hydrogens is 626 g/mol. The number of hydroxylamine groups is 1. The van der Waals surface area contributed by atoms with E-state index in [1.807, 2.05) is 16.7 Å². The van der Waals surface area contributed by atoms with Gasteiger partial charge in [-0.2, -0.15) is 17.0 Å². The lowest BCUT2D eigenvalue weighted by Crippen LogP contribution is -2.63. The number of rotatable bonds is 7. The molecule has 2 aromatic rings. The summed E-state index contributed by atoms with van der Waals surface area (Å²) in [7, 11) is -7.54. The summed E-state index contributed by atoms with van der Waals surface area (Å²) in [5.41, 5.74) is 1.28. The van der Waals surface area contributed by atoms with Crippen molar-refractivity contribution >= 4 is 43.8 Å². The molecule has 0 unspecified atom stereocenters. The molecule has 19 heteroatoms. The number of urea groups is 1. The second-order valence-electron chi connectivity index (χ2n) is 9.44. The first-order chi connectivity index (χ1) is 19.7. The molecule has 1 atom stereocenters. The Hall–Kier alpha value is -3.13. The van der Waals surface area contributed by atoms with E-state index >= 15 is 0 Å². The average Bonchev–Trinajstić information content (AvgIpc) is 2.95. The number of hydrogen-bond donors (Lipinski definition) is 3. The lowest BCUT2D eigenvalue weighted by molar-refractivity contribution is -0.134. The highest BCUT2D eigenvalue weighted by molar-refractivity contribution is 7.89. The van der Waals surface area contributed by atoms with Crippen LogP contribution in [0.25, 0.3) is 0 Å². The summed E-state index contributed by atoms with van der Waals surface area (Å²) < 4.78 is 90.8. The van der Waals surface area contributed by atoms with Gasteiger partial charge >= 0.3 is 16.2 Å². The van der Waals surface area contributed by atoms with Crippen molar-refractivity contribution in [3.8, 4) is 11.5 Å². The highest BCUT2D eigenvalue weighted by Crippen LogP contribution is 2.32. The third-order valence-corrected chi connectivity index (χ3v) is 10.2. The molecule has 2 heterocycles. The maximum absolute atomic E-state index is 14.9. The lowest BCUT2D eigenvalue weighted by atomic mass is 10.2. The fourth-order valence-electron chi connectivity index (χ4n) is 4.32. The largest absolute Gasteiger partial charge is 0.451 e. The summed E-state index contributed by atoms with van der Waals surface area (Å²) in [6.45, 7) is -0.402. The zero-order chi connectivity index (χ0) is 30.8. The fraction of sp³-hybridized carbons (Fsp3) is 0.391. The van der Waals surface area contributed by atoms with E-state index in [4.69, 9.17) is 16.3 Å². The van der Waals surface area contributed by atoms with Gasteiger partial charge in [0.2, 0.25) is 10.0 Å². The van der Waals surface area contributed by atoms with Crippen molar-refractivity contribution in [3.05, 3.63) is 53.1 Å². The van der Waals surface area contributed by atoms with E-state index in [-0.39, 0.29) is 18.8 Å². The zero-order valence-electron chi connectivity index (χ0n) is 22.0. The van der Waals surface area contributed by atoms with Crippen molar-refractivity contribution in [2.24, 2.45) is 0 Å². The van der Waals surface area contributed by atoms with Gasteiger partial charge in [-0.05, 0) is 43.4 Å². The number of amides is 3. The SMILES string of the molecule is CN1CCN(C(=O)NS(=O)(=O)N2CCN(S(=O)(=O)c3cc(F)c(Oc4ccc(Cl)cc4)c(F)c3)[C@H](C(=O)NO)C2)CC1. The number of halogens is 3. The Bertz CT molecular complexity index is 1530. The minimum absolute atomic E-state index is 0.0181. The molecule has 2 aromatic carbocycles. The second kappa shape index (κ2) is 12.6. The van der Waals surface area contributed by atoms with Gasteiger partial charge in [0.05, 0.1) is 4.90 Å². The predicted molar refractivity (Wildman–Crippen MR) is 144 cm³/mol. The Morgan fingerprint density at radius 3 is 2.14 bits per heavy atom. The first kappa shape index (κ1) is 31.8. The Balaban J connectivity index is 1.54. The van der Waals surface area contributed by atoms with Crippen LogP contribution in [0.4, 0.5) is 13.6 Å². The number of ether oxygens (including phenoxy) is 1. The van der Waals surface area contributed by atoms with E-state index in [9.17, 15) is 40.4 Å². The van der Waals surface area contributed by atoms with Crippen molar-refractivity contribution in [1.82, 2.24) is 28.6 Å². The number of nitrogens with one attached hydrogen (secondary N) is 2. The zero-order valence-corrected chi connectivity index (χ0v) is 24.4. The van der Waals surface area contributed by atoms with Gasteiger partial charge in [0.25, 0.3) is 5.91 Å². The minimum Gasteiger partial charge on any atom is -0.451 e. The molecule has 0 aliphatic carbocycles. The molecule has 14 nitrogen and oxygen atoms in total. The number of sulfonamides is 1. The van der Waals surface area contributed by atoms with Crippen LogP contribution in [0.3, 0.4) is 0 Å². The summed E-state index contributed by atoms with van der Waals surface area (Å²) in [6.07, 6.45) is 0. The van der Waals surface area contributed by atoms with Gasteiger partial charge in [-0.25, -0.2) is 32.2 Å². The quantitative estimate of drug-likeness (QED) is 0.289. The van der Waals surface area contributed by atoms with Crippen LogP contribution in [0.15, 0.2) is 41.3 Å². The Labute approximate surface area is 245 Å². The van der Waals surface area contributed by atoms with Crippen LogP contribution in [-0.4, -0.2) is 111 Å². The van der Waals surface area contributed by atoms with Crippen LogP contribution >= 0.6 is 11.6 Å². The van der Waals surface area contributed by atoms with Gasteiger partial charge in [-0.15, -0.1) is 0 Å². The summed E-state index contributed by atoms with van der Waals surface area (Å²) in [5.74, 6) is -4.94. The molecule has 3 N–H and O–H groups in total. The molecule has 0 saturated carbocycles. The van der Waals surface area contributed by atoms with Crippen LogP contribution in [0.5, 0.6) is 11.5 Å². The normalized spacial score (nSPS) is 19.4. The Morgan fingerprint density at radius 2 is 1.57 bits per heavy atom. The standard InChI is InChI=1S/C23H27ClF2N6O8S2/c1-29-6-8-30(9-7-29)23(34)28-42(38,39)31-10-11-32(20(14-31)22(33)27-35)41(36,37)17-12-18(25)21(19(26)13-17)40-16-4-2-15(24)3-5-16/h2-5,12-13,20,35H,6-11,14H2,1H3,(H,27,33)(H,28,34)/t20-/m0/s1. The van der Waals surface area contributed by atoms with E-state index in [2.05, 4.69) is 0 Å². The lowest BCUT2D eigenvalue weighted by Gasteiger charge is -2.38. The number of benzene rings is 2. The van der Waals surface area contributed by atoms with Crippen LogP contribution in [0, 0.1) is 11.6 Å². The predicted octanol–water partition coefficient (Wildman–Crippen LogP) is 0.793. The minimum atomic E-state index is -4.83. The third-order valence-electron chi connectivity index (χ3n) is 6.67. The third kappa shape index (κ3) is 6.91. The van der Waals surface area contributed by atoms with Gasteiger partial charge in [0, 0.05) is 50.8 Å². The average molecular weight is 653 g/mol. The van der Waals surface area contributed by atoms with E-state index in [0.717, 1.165) is 0 Å². The maximum Gasteiger partial charge on any atom is 0.332 e. The van der Waals surface area contributed by atoms with E-state index in [1.54, 1.807) is 0 Å². The van der Waals surface area contributed by atoms with Crippen molar-refractivity contribution in [1.29, 1.82) is 0 Å². The van der Waals surface area contributed by atoms with Crippen LogP contribution in [0.1, 0.15) is 0 Å². The molecule has 2 saturated heterocycles. The summed E-state index contributed by atoms with van der Waals surface area (Å²) >= 11 is 5.78. The second-order valence-corrected chi connectivity index (χ2v) is 13.4. The summed E-state index contributed by atoms with van der Waals surface area (Å²) in [5, 5.41) is 9.58. The molecule has 2 aliphatic heterocycles. The molecule has 0 bridgehead atoms. The molecule has 42 heavy (non-hydrogen) atoms. The van der Waals surface area contributed by atoms with Crippen molar-refractivity contribution in [2.75, 3.05) is 52.9 Å². The molecule has 0 aromatic heterocycles. The number of nitrogens with zero attached hydrogens (tertiary/aromatic N) is 4. The van der Waals surface area contributed by atoms with Crippen LogP contribution < -0.4 is 14.9 Å². The van der Waals surface area contributed by atoms with E-state index < -0.39 is 80.1 Å². The number of piperazine rings is 2. The van der Waals surface area contributed by atoms with Gasteiger partial charge < -0.3 is 14.5 Å². The molecule has 0 radical (unpaired) electrons. The van der Waals surface area contributed by atoms with Gasteiger partial charge in [0.15, 0.2) is 17.4 Å². The number of carbonyl (C=O) groups is 2. The first-order valence-electron chi connectivity index (χ1n) is 12.4. The van der Waals surface area contributed by atoms with E-state index in [0.29, 0.717) is 38.9 Å². The number of hydrogen-bond acceptors (Lipinski definition) is 9. The monoisotopic (exact) mass is 652 g/mol. The highest BCUT2D eigenvalue weighted by atomic mass is 35.5. The molecule has 4 rings (SSSR count). The van der Waals surface area contributed by atoms with Gasteiger partial charge in [-0.1, -0.05) is 11.6 Å². The smallest absolute Gasteiger partial charge is 0.332 e. The summed E-state index contributed by atoms with van der Waals surface area (Å²) in [6, 6.07) is 3.71. The van der Waals surface area contributed by atoms with Gasteiger partial charge in [0.1, 0.15) is 11.8 Å². The topological polar surface area (TPSA) is 169 Å². The van der Waals surface area contributed by atoms with E-state index in [1.165, 1.54) is 34.6 Å². The highest BCUT2D eigenvalue weighted by Gasteiger charge is 2.44. The fourth-order valence-corrected chi connectivity index (χ4v) is 7.18. The van der Waals surface area contributed by atoms with Gasteiger partial charge in [-0.3, -0.25) is 10.0 Å². The Kier molecular flexibility index (Phi) is 9.55. The molecule has 3 amide bonds. The van der Waals surface area contributed by atoms with Crippen molar-refractivity contribution < 1.29 is 45.1 Å². The molecule has 0 spiro atoms. The molecule has 2 aliphatic rings. The molecule has 230 valence electrons. The maximum atomic E-state index is 14.9. The van der Waals surface area contributed by atoms with Crippen LogP contribution in [-0.2, 0) is 25.0 Å². The Morgan fingerprint density at radius 1 is 0.976 bits per heavy atom. The summed E-state index contributed by atoms with van der Waals surface area (Å²) in [4.78, 5) is 27.4. The number of likely N-dealkylation sites (N-methyl/N-ethyl adjacent to an activating group) is 1. The van der Waals surface area contributed by atoms with Crippen LogP contribution in [0.2, 0.25) is 5.02 Å². The van der Waals surface area contributed by atoms with Crippen molar-refractivity contribution in [3.63, 3.8) is 0 Å².